The van der Waals surface area contributed by atoms with Crippen LogP contribution in [-0.2, 0) is 9.31 Å². The molecule has 2 N–H and O–H groups in total. The van der Waals surface area contributed by atoms with E-state index in [-0.39, 0.29) is 24.4 Å². The lowest BCUT2D eigenvalue weighted by Crippen LogP contribution is -2.41. The van der Waals surface area contributed by atoms with Crippen molar-refractivity contribution in [3.05, 3.63) is 36.3 Å². The predicted molar refractivity (Wildman–Crippen MR) is 115 cm³/mol. The topological polar surface area (TPSA) is 70.6 Å². The van der Waals surface area contributed by atoms with E-state index in [9.17, 15) is 5.02 Å². The number of H-pyrrole nitrogens is 1. The molecule has 8 heteroatoms. The van der Waals surface area contributed by atoms with Crippen LogP contribution >= 0.6 is 0 Å². The van der Waals surface area contributed by atoms with E-state index < -0.39 is 7.05 Å². The molecule has 0 bridgehead atoms. The second-order valence-corrected chi connectivity index (χ2v) is 9.79. The third kappa shape index (κ3) is 3.17. The predicted octanol–water partition coefficient (Wildman–Crippen LogP) is 2.62. The number of piperidine rings is 1. The average Bonchev–Trinajstić information content (AvgIpc) is 3.03. The van der Waals surface area contributed by atoms with Crippen LogP contribution < -0.4 is 5.46 Å². The van der Waals surface area contributed by atoms with E-state index in [2.05, 4.69) is 66.7 Å². The van der Waals surface area contributed by atoms with Gasteiger partial charge in [-0.3, -0.25) is 0 Å². The summed E-state index contributed by atoms with van der Waals surface area (Å²) in [7, 11) is -0.790. The fraction of sp³-hybridized carbons (Fsp3) is 0.571. The second kappa shape index (κ2) is 6.45. The van der Waals surface area contributed by atoms with Crippen LogP contribution in [-0.4, -0.2) is 51.2 Å². The molecule has 0 amide bonds. The fourth-order valence-electron chi connectivity index (χ4n) is 4.73. The van der Waals surface area contributed by atoms with E-state index in [0.29, 0.717) is 12.0 Å². The first kappa shape index (κ1) is 19.4. The Morgan fingerprint density at radius 2 is 1.79 bits per heavy atom. The van der Waals surface area contributed by atoms with Gasteiger partial charge in [0.15, 0.2) is 0 Å². The molecule has 6 nitrogen and oxygen atoms in total. The SMILES string of the molecule is CB(O)N1[C@@H]2C[C@@H]2C[C@H]1c1ncc(-c2ccc(B3OC(C)(C)C(C)(C)O3)cc2)[nH]1. The van der Waals surface area contributed by atoms with Gasteiger partial charge in [-0.1, -0.05) is 24.3 Å². The molecule has 3 aliphatic rings. The molecule has 3 heterocycles. The van der Waals surface area contributed by atoms with E-state index in [4.69, 9.17) is 9.31 Å². The molecule has 3 fully saturated rings. The molecule has 2 saturated heterocycles. The Morgan fingerprint density at radius 1 is 1.14 bits per heavy atom. The zero-order valence-electron chi connectivity index (χ0n) is 17.8. The molecular formula is C21H29B2N3O3. The molecule has 2 aromatic rings. The summed E-state index contributed by atoms with van der Waals surface area (Å²) < 4.78 is 12.3. The minimum Gasteiger partial charge on any atom is -0.437 e. The lowest BCUT2D eigenvalue weighted by Gasteiger charge is -2.32. The maximum Gasteiger partial charge on any atom is 0.494 e. The van der Waals surface area contributed by atoms with Crippen molar-refractivity contribution >= 4 is 19.6 Å². The molecule has 1 aliphatic carbocycles. The Hall–Kier alpha value is -1.60. The number of hydrogen-bond acceptors (Lipinski definition) is 5. The lowest BCUT2D eigenvalue weighted by atomic mass is 9.79. The summed E-state index contributed by atoms with van der Waals surface area (Å²) in [4.78, 5) is 10.3. The number of imidazole rings is 1. The molecule has 152 valence electrons. The minimum absolute atomic E-state index is 0.177. The summed E-state index contributed by atoms with van der Waals surface area (Å²) in [6.07, 6.45) is 4.17. The number of nitrogens with one attached hydrogen (secondary N) is 1. The monoisotopic (exact) mass is 393 g/mol. The van der Waals surface area contributed by atoms with Crippen LogP contribution in [0.2, 0.25) is 6.82 Å². The van der Waals surface area contributed by atoms with Crippen molar-refractivity contribution in [1.29, 1.82) is 0 Å². The van der Waals surface area contributed by atoms with Gasteiger partial charge in [-0.2, -0.15) is 0 Å². The number of aromatic amines is 1. The first-order chi connectivity index (χ1) is 13.7. The lowest BCUT2D eigenvalue weighted by molar-refractivity contribution is 0.00578. The number of benzene rings is 1. The summed E-state index contributed by atoms with van der Waals surface area (Å²) in [5, 5.41) is 10.2. The highest BCUT2D eigenvalue weighted by molar-refractivity contribution is 6.62. The molecule has 5 rings (SSSR count). The minimum atomic E-state index is -0.440. The van der Waals surface area contributed by atoms with Gasteiger partial charge in [0.1, 0.15) is 5.82 Å². The Kier molecular flexibility index (Phi) is 4.31. The highest BCUT2D eigenvalue weighted by atomic mass is 16.7. The van der Waals surface area contributed by atoms with Gasteiger partial charge >= 0.3 is 14.2 Å². The molecule has 1 saturated carbocycles. The first-order valence-corrected chi connectivity index (χ1v) is 10.6. The van der Waals surface area contributed by atoms with Gasteiger partial charge in [0.25, 0.3) is 0 Å². The van der Waals surface area contributed by atoms with Gasteiger partial charge in [0.2, 0.25) is 0 Å². The van der Waals surface area contributed by atoms with Gasteiger partial charge in [0.05, 0.1) is 29.1 Å². The van der Waals surface area contributed by atoms with Crippen molar-refractivity contribution in [2.75, 3.05) is 0 Å². The molecule has 3 atom stereocenters. The standard InChI is InChI=1S/C21H29B2N3O3/c1-20(2)21(3,4)29-23(28-20)15-8-6-13(7-9-15)16-12-24-19(25-16)18-11-14-10-17(14)26(18)22(5)27/h6-9,12,14,17-18,27H,10-11H2,1-5H3,(H,24,25)/t14-,17-,18+/m1/s1. The Balaban J connectivity index is 1.33. The molecule has 1 aromatic carbocycles. The van der Waals surface area contributed by atoms with E-state index in [1.54, 1.807) is 0 Å². The van der Waals surface area contributed by atoms with Crippen LogP contribution in [0, 0.1) is 5.92 Å². The zero-order chi connectivity index (χ0) is 20.6. The van der Waals surface area contributed by atoms with Crippen LogP contribution in [0.25, 0.3) is 11.3 Å². The molecule has 2 aliphatic heterocycles. The van der Waals surface area contributed by atoms with Gasteiger partial charge in [-0.05, 0) is 64.3 Å². The molecular weight excluding hydrogens is 364 g/mol. The Bertz CT molecular complexity index is 896. The van der Waals surface area contributed by atoms with E-state index >= 15 is 0 Å². The highest BCUT2D eigenvalue weighted by Gasteiger charge is 2.55. The maximum atomic E-state index is 10.2. The number of hydrogen-bond donors (Lipinski definition) is 2. The quantitative estimate of drug-likeness (QED) is 0.782. The summed E-state index contributed by atoms with van der Waals surface area (Å²) in [6, 6.07) is 8.98. The molecule has 0 radical (unpaired) electrons. The van der Waals surface area contributed by atoms with Crippen LogP contribution in [0.3, 0.4) is 0 Å². The van der Waals surface area contributed by atoms with Crippen molar-refractivity contribution < 1.29 is 14.3 Å². The highest BCUT2D eigenvalue weighted by Crippen LogP contribution is 2.53. The molecule has 0 spiro atoms. The van der Waals surface area contributed by atoms with Gasteiger partial charge in [-0.25, -0.2) is 4.98 Å². The summed E-state index contributed by atoms with van der Waals surface area (Å²) in [6.45, 7) is 10.1. The number of rotatable bonds is 4. The van der Waals surface area contributed by atoms with Gasteiger partial charge in [-0.15, -0.1) is 0 Å². The summed E-state index contributed by atoms with van der Waals surface area (Å²) >= 11 is 0. The summed E-state index contributed by atoms with van der Waals surface area (Å²) in [5.41, 5.74) is 2.41. The second-order valence-electron chi connectivity index (χ2n) is 9.79. The number of fused-ring (bicyclic) bond motifs is 1. The smallest absolute Gasteiger partial charge is 0.437 e. The largest absolute Gasteiger partial charge is 0.494 e. The van der Waals surface area contributed by atoms with E-state index in [1.165, 1.54) is 6.42 Å². The fourth-order valence-corrected chi connectivity index (χ4v) is 4.73. The molecule has 1 aromatic heterocycles. The van der Waals surface area contributed by atoms with Crippen molar-refractivity contribution in [2.45, 2.75) is 70.6 Å². The number of nitrogens with zero attached hydrogens (tertiary/aromatic N) is 2. The van der Waals surface area contributed by atoms with Crippen molar-refractivity contribution in [3.8, 4) is 11.3 Å². The van der Waals surface area contributed by atoms with E-state index in [1.807, 2.05) is 13.0 Å². The van der Waals surface area contributed by atoms with E-state index in [0.717, 1.165) is 29.0 Å². The van der Waals surface area contributed by atoms with Crippen LogP contribution in [0.1, 0.15) is 52.4 Å². The first-order valence-electron chi connectivity index (χ1n) is 10.6. The average molecular weight is 393 g/mol. The molecule has 29 heavy (non-hydrogen) atoms. The van der Waals surface area contributed by atoms with Crippen LogP contribution in [0.5, 0.6) is 0 Å². The Labute approximate surface area is 173 Å². The van der Waals surface area contributed by atoms with Crippen molar-refractivity contribution in [2.24, 2.45) is 5.92 Å². The maximum absolute atomic E-state index is 10.2. The van der Waals surface area contributed by atoms with Crippen molar-refractivity contribution in [3.63, 3.8) is 0 Å². The van der Waals surface area contributed by atoms with Crippen LogP contribution in [0.15, 0.2) is 30.5 Å². The number of aromatic nitrogens is 2. The molecule has 0 unspecified atom stereocenters. The normalized spacial score (nSPS) is 29.9. The van der Waals surface area contributed by atoms with Gasteiger partial charge < -0.3 is 24.1 Å². The zero-order valence-corrected chi connectivity index (χ0v) is 17.8. The third-order valence-corrected chi connectivity index (χ3v) is 7.24. The third-order valence-electron chi connectivity index (χ3n) is 7.24. The summed E-state index contributed by atoms with van der Waals surface area (Å²) in [5.74, 6) is 1.66. The van der Waals surface area contributed by atoms with Crippen molar-refractivity contribution in [1.82, 2.24) is 14.8 Å². The Morgan fingerprint density at radius 3 is 2.41 bits per heavy atom. The van der Waals surface area contributed by atoms with Crippen LogP contribution in [0.4, 0.5) is 0 Å². The van der Waals surface area contributed by atoms with Gasteiger partial charge in [0, 0.05) is 6.04 Å².